The number of rotatable bonds is 9. The van der Waals surface area contributed by atoms with Gasteiger partial charge in [0.2, 0.25) is 0 Å². The summed E-state index contributed by atoms with van der Waals surface area (Å²) >= 11 is 13.9. The Morgan fingerprint density at radius 3 is 2.14 bits per heavy atom. The average Bonchev–Trinajstić information content (AvgIpc) is 3.96. The van der Waals surface area contributed by atoms with Gasteiger partial charge in [0.15, 0.2) is 0 Å². The zero-order chi connectivity index (χ0) is 35.1. The molecular weight excluding hydrogens is 683 g/mol. The van der Waals surface area contributed by atoms with Crippen molar-refractivity contribution in [2.45, 2.75) is 76.5 Å². The first-order valence-electron chi connectivity index (χ1n) is 18.0. The summed E-state index contributed by atoms with van der Waals surface area (Å²) in [6, 6.07) is 15.7. The maximum absolute atomic E-state index is 13.6. The second-order valence-corrected chi connectivity index (χ2v) is 15.1. The number of hydrogen-bond acceptors (Lipinski definition) is 7. The van der Waals surface area contributed by atoms with Gasteiger partial charge in [0.05, 0.1) is 40.7 Å². The Hall–Kier alpha value is -3.86. The fraction of sp³-hybridized carbons (Fsp3) is 0.400. The largest absolute Gasteiger partial charge is 0.378 e. The molecule has 2 amide bonds. The Morgan fingerprint density at radius 2 is 1.51 bits per heavy atom. The molecule has 11 heteroatoms. The van der Waals surface area contributed by atoms with Crippen molar-refractivity contribution in [1.82, 2.24) is 19.8 Å². The van der Waals surface area contributed by atoms with Crippen LogP contribution in [0.2, 0.25) is 10.0 Å². The molecule has 5 heterocycles. The normalized spacial score (nSPS) is 19.6. The predicted molar refractivity (Wildman–Crippen MR) is 201 cm³/mol. The van der Waals surface area contributed by atoms with Gasteiger partial charge in [-0.25, -0.2) is 0 Å². The molecule has 2 aromatic carbocycles. The minimum atomic E-state index is -0.340. The van der Waals surface area contributed by atoms with Gasteiger partial charge in [0, 0.05) is 49.2 Å². The number of halogens is 2. The second kappa shape index (κ2) is 14.6. The molecule has 51 heavy (non-hydrogen) atoms. The molecule has 2 aromatic heterocycles. The van der Waals surface area contributed by atoms with Gasteiger partial charge in [0.25, 0.3) is 11.8 Å². The number of piperidine rings is 1. The number of fused-ring (bicyclic) bond motifs is 1. The summed E-state index contributed by atoms with van der Waals surface area (Å²) in [4.78, 5) is 41.0. The van der Waals surface area contributed by atoms with Crippen LogP contribution in [0.1, 0.15) is 88.2 Å². The van der Waals surface area contributed by atoms with Gasteiger partial charge < -0.3 is 15.4 Å². The van der Waals surface area contributed by atoms with Crippen molar-refractivity contribution < 1.29 is 14.3 Å². The number of likely N-dealkylation sites (tertiary alicyclic amines) is 1. The molecule has 2 saturated heterocycles. The van der Waals surface area contributed by atoms with E-state index in [2.05, 4.69) is 37.3 Å². The van der Waals surface area contributed by atoms with Crippen LogP contribution < -0.4 is 10.6 Å². The summed E-state index contributed by atoms with van der Waals surface area (Å²) in [5.41, 5.74) is 7.59. The van der Waals surface area contributed by atoms with Gasteiger partial charge in [-0.1, -0.05) is 53.9 Å². The topological polar surface area (TPSA) is 99.7 Å². The monoisotopic (exact) mass is 724 g/mol. The van der Waals surface area contributed by atoms with E-state index in [1.807, 2.05) is 42.6 Å². The Labute approximate surface area is 308 Å². The van der Waals surface area contributed by atoms with Crippen LogP contribution in [0.25, 0.3) is 11.1 Å². The van der Waals surface area contributed by atoms with E-state index < -0.39 is 0 Å². The molecule has 8 rings (SSSR count). The molecule has 2 N–H and O–H groups in total. The number of nitrogens with zero attached hydrogens (tertiary/aromatic N) is 4. The number of hydrogen-bond donors (Lipinski definition) is 2. The highest BCUT2D eigenvalue weighted by atomic mass is 35.5. The van der Waals surface area contributed by atoms with Crippen LogP contribution in [0.5, 0.6) is 0 Å². The zero-order valence-electron chi connectivity index (χ0n) is 28.8. The summed E-state index contributed by atoms with van der Waals surface area (Å²) in [6.07, 6.45) is 10.6. The van der Waals surface area contributed by atoms with Crippen LogP contribution in [-0.2, 0) is 24.2 Å². The van der Waals surface area contributed by atoms with Crippen LogP contribution in [0.3, 0.4) is 0 Å². The van der Waals surface area contributed by atoms with Gasteiger partial charge in [-0.05, 0) is 98.0 Å². The van der Waals surface area contributed by atoms with E-state index in [-0.39, 0.29) is 11.8 Å². The first-order chi connectivity index (χ1) is 24.8. The van der Waals surface area contributed by atoms with Gasteiger partial charge >= 0.3 is 0 Å². The van der Waals surface area contributed by atoms with E-state index in [9.17, 15) is 9.59 Å². The molecule has 9 nitrogen and oxygen atoms in total. The molecule has 1 saturated carbocycles. The number of nitrogens with one attached hydrogen (secondary N) is 2. The van der Waals surface area contributed by atoms with Crippen molar-refractivity contribution in [2.24, 2.45) is 0 Å². The van der Waals surface area contributed by atoms with Gasteiger partial charge in [-0.3, -0.25) is 29.4 Å². The molecule has 4 aliphatic rings. The number of benzene rings is 2. The molecule has 1 atom stereocenters. The van der Waals surface area contributed by atoms with Crippen LogP contribution >= 0.6 is 23.2 Å². The highest BCUT2D eigenvalue weighted by molar-refractivity contribution is 6.40. The van der Waals surface area contributed by atoms with E-state index in [0.29, 0.717) is 61.9 Å². The maximum Gasteiger partial charge on any atom is 0.274 e. The fourth-order valence-electron chi connectivity index (χ4n) is 7.52. The van der Waals surface area contributed by atoms with E-state index >= 15 is 0 Å². The number of pyridine rings is 2. The third kappa shape index (κ3) is 7.28. The summed E-state index contributed by atoms with van der Waals surface area (Å²) < 4.78 is 5.36. The van der Waals surface area contributed by atoms with E-state index in [4.69, 9.17) is 27.9 Å². The maximum atomic E-state index is 13.6. The Bertz CT molecular complexity index is 1980. The van der Waals surface area contributed by atoms with Crippen molar-refractivity contribution in [2.75, 3.05) is 36.9 Å². The summed E-state index contributed by atoms with van der Waals surface area (Å²) in [6.45, 7) is 7.57. The number of amides is 2. The van der Waals surface area contributed by atoms with Crippen LogP contribution in [0.15, 0.2) is 60.9 Å². The molecular formula is C40H42Cl2N6O3. The van der Waals surface area contributed by atoms with Gasteiger partial charge in [-0.2, -0.15) is 0 Å². The van der Waals surface area contributed by atoms with Crippen LogP contribution in [0, 0.1) is 0 Å². The molecule has 3 fully saturated rings. The first-order valence-corrected chi connectivity index (χ1v) is 18.8. The highest BCUT2D eigenvalue weighted by Gasteiger charge is 2.31. The number of carbonyl (C=O) groups is 2. The number of ether oxygens (including phenoxy) is 1. The SMILES string of the molecule is C[C@@H]1CCCCN1Cc1cnc(C(=O)Nc2cccc(-c3cccc(NC(=O)c4cc5c(cn4)CN(C4COC4)CC5)c3Cl)c2Cl)cc1C1CC1. The smallest absolute Gasteiger partial charge is 0.274 e. The number of carbonyl (C=O) groups excluding carboxylic acids is 2. The van der Waals surface area contributed by atoms with Crippen molar-refractivity contribution in [1.29, 1.82) is 0 Å². The van der Waals surface area contributed by atoms with Crippen molar-refractivity contribution in [3.05, 3.63) is 105 Å². The van der Waals surface area contributed by atoms with Crippen LogP contribution in [0.4, 0.5) is 11.4 Å². The minimum absolute atomic E-state index is 0.316. The standard InChI is InChI=1S/C40H42Cl2N6O3/c1-24-6-2-3-14-47(24)21-28-19-44-36(17-32(28)25-11-12-25)40(50)46-34-10-5-8-31(38(34)42)30-7-4-9-33(37(30)41)45-39(49)35-16-26-13-15-48(29-22-51-23-29)20-27(26)18-43-35/h4-5,7-10,16-19,24-25,29H,2-3,6,11-15,20-23H2,1H3,(H,45,49)(H,46,50)/t24-/m1/s1. The summed E-state index contributed by atoms with van der Waals surface area (Å²) in [5.74, 6) is -0.172. The Morgan fingerprint density at radius 1 is 0.843 bits per heavy atom. The van der Waals surface area contributed by atoms with Gasteiger partial charge in [0.1, 0.15) is 11.4 Å². The third-order valence-corrected chi connectivity index (χ3v) is 11.7. The third-order valence-electron chi connectivity index (χ3n) is 10.9. The molecule has 3 aliphatic heterocycles. The lowest BCUT2D eigenvalue weighted by molar-refractivity contribution is -0.0695. The van der Waals surface area contributed by atoms with E-state index in [0.717, 1.165) is 69.8 Å². The summed E-state index contributed by atoms with van der Waals surface area (Å²) in [7, 11) is 0. The lowest BCUT2D eigenvalue weighted by Crippen LogP contribution is -2.50. The van der Waals surface area contributed by atoms with Crippen molar-refractivity contribution >= 4 is 46.4 Å². The number of anilines is 2. The quantitative estimate of drug-likeness (QED) is 0.181. The fourth-order valence-corrected chi connectivity index (χ4v) is 8.07. The van der Waals surface area contributed by atoms with E-state index in [1.165, 1.54) is 30.4 Å². The van der Waals surface area contributed by atoms with Crippen molar-refractivity contribution in [3.63, 3.8) is 0 Å². The Kier molecular flexibility index (Phi) is 9.83. The lowest BCUT2D eigenvalue weighted by Gasteiger charge is -2.39. The highest BCUT2D eigenvalue weighted by Crippen LogP contribution is 2.43. The molecule has 1 aliphatic carbocycles. The molecule has 0 radical (unpaired) electrons. The lowest BCUT2D eigenvalue weighted by atomic mass is 9.99. The van der Waals surface area contributed by atoms with Crippen LogP contribution in [-0.4, -0.2) is 70.0 Å². The molecule has 0 unspecified atom stereocenters. The Balaban J connectivity index is 0.971. The first kappa shape index (κ1) is 34.2. The molecule has 4 aromatic rings. The minimum Gasteiger partial charge on any atom is -0.378 e. The second-order valence-electron chi connectivity index (χ2n) is 14.4. The summed E-state index contributed by atoms with van der Waals surface area (Å²) in [5, 5.41) is 6.61. The molecule has 264 valence electrons. The predicted octanol–water partition coefficient (Wildman–Crippen LogP) is 7.96. The zero-order valence-corrected chi connectivity index (χ0v) is 30.3. The molecule has 0 bridgehead atoms. The average molecular weight is 726 g/mol. The van der Waals surface area contributed by atoms with Crippen molar-refractivity contribution in [3.8, 4) is 11.1 Å². The molecule has 0 spiro atoms. The van der Waals surface area contributed by atoms with E-state index in [1.54, 1.807) is 18.3 Å². The number of aromatic nitrogens is 2. The van der Waals surface area contributed by atoms with Gasteiger partial charge in [-0.15, -0.1) is 0 Å².